The number of hydrogen-bond donors (Lipinski definition) is 1. The molecule has 0 aromatic rings. The van der Waals surface area contributed by atoms with Crippen molar-refractivity contribution in [1.29, 1.82) is 0 Å². The van der Waals surface area contributed by atoms with E-state index < -0.39 is 16.5 Å². The summed E-state index contributed by atoms with van der Waals surface area (Å²) < 4.78 is 0. The van der Waals surface area contributed by atoms with Gasteiger partial charge in [0.15, 0.2) is 0 Å². The molecule has 0 aliphatic carbocycles. The van der Waals surface area contributed by atoms with Crippen molar-refractivity contribution in [1.82, 2.24) is 6.15 Å². The Balaban J connectivity index is -0.0000000575. The van der Waals surface area contributed by atoms with Gasteiger partial charge < -0.3 is 6.15 Å². The zero-order valence-corrected chi connectivity index (χ0v) is 10.1. The van der Waals surface area contributed by atoms with Crippen molar-refractivity contribution in [3.05, 3.63) is 0 Å². The van der Waals surface area contributed by atoms with Gasteiger partial charge in [0, 0.05) is 20.0 Å². The molecular weight excluding hydrogens is 347 g/mol. The maximum atomic E-state index is 4.88. The Morgan fingerprint density at radius 2 is 1.12 bits per heavy atom. The Kier molecular flexibility index (Phi) is 32.4. The SMILES string of the molecule is C[PH+](C)C.N.[Cl][Pt][Cl]. The summed E-state index contributed by atoms with van der Waals surface area (Å²) in [4.78, 5) is 0. The fourth-order valence-electron chi connectivity index (χ4n) is 0. The molecule has 0 bridgehead atoms. The molecule has 0 saturated carbocycles. The van der Waals surface area contributed by atoms with Crippen molar-refractivity contribution in [3.63, 3.8) is 0 Å². The van der Waals surface area contributed by atoms with Crippen LogP contribution < -0.4 is 6.15 Å². The number of hydrogen-bond acceptors (Lipinski definition) is 1. The summed E-state index contributed by atoms with van der Waals surface area (Å²) in [5.74, 6) is 0. The average Bonchev–Trinajstić information content (AvgIpc) is 1.33. The summed E-state index contributed by atoms with van der Waals surface area (Å²) in [7, 11) is 9.87. The molecule has 0 unspecified atom stereocenters. The molecule has 0 spiro atoms. The molecule has 8 heavy (non-hydrogen) atoms. The first-order chi connectivity index (χ1) is 3.15. The molecule has 0 amide bonds. The van der Waals surface area contributed by atoms with Gasteiger partial charge in [-0.25, -0.2) is 0 Å². The quantitative estimate of drug-likeness (QED) is 0.663. The Hall–Kier alpha value is 1.66. The van der Waals surface area contributed by atoms with E-state index in [0.717, 1.165) is 0 Å². The van der Waals surface area contributed by atoms with E-state index in [1.165, 1.54) is 0 Å². The van der Waals surface area contributed by atoms with Gasteiger partial charge in [-0.05, 0) is 7.92 Å². The van der Waals surface area contributed by atoms with Crippen molar-refractivity contribution in [3.8, 4) is 0 Å². The third-order valence-corrected chi connectivity index (χ3v) is 0. The van der Waals surface area contributed by atoms with E-state index in [1.807, 2.05) is 0 Å². The normalized spacial score (nSPS) is 7.25. The standard InChI is InChI=1S/C3H9P.2ClH.H3N.Pt/c1-4(2)3;;;;/h1-3H3;2*1H;1H3;/q;;;;+2/p-1. The summed E-state index contributed by atoms with van der Waals surface area (Å²) in [5, 5.41) is 0. The topological polar surface area (TPSA) is 35.0 Å². The fourth-order valence-corrected chi connectivity index (χ4v) is 0. The van der Waals surface area contributed by atoms with Gasteiger partial charge in [-0.1, -0.05) is 0 Å². The van der Waals surface area contributed by atoms with Gasteiger partial charge in [0.1, 0.15) is 0 Å². The van der Waals surface area contributed by atoms with Crippen LogP contribution in [0.2, 0.25) is 0 Å². The van der Waals surface area contributed by atoms with Crippen LogP contribution in [0, 0.1) is 0 Å². The minimum absolute atomic E-state index is 0. The first-order valence-electron chi connectivity index (χ1n) is 1.74. The van der Waals surface area contributed by atoms with Gasteiger partial charge in [-0.15, -0.1) is 0 Å². The molecule has 0 saturated heterocycles. The zero-order chi connectivity index (χ0) is 6.28. The second-order valence-electron chi connectivity index (χ2n) is 1.55. The third kappa shape index (κ3) is 123. The fraction of sp³-hybridized carbons (Fsp3) is 1.00. The maximum absolute atomic E-state index is 4.88. The van der Waals surface area contributed by atoms with Gasteiger partial charge >= 0.3 is 35.3 Å². The van der Waals surface area contributed by atoms with E-state index in [2.05, 4.69) is 20.0 Å². The Bertz CT molecular complexity index is 28.5. The summed E-state index contributed by atoms with van der Waals surface area (Å²) in [6.45, 7) is 6.81. The van der Waals surface area contributed by atoms with Crippen molar-refractivity contribution in [2.75, 3.05) is 20.0 Å². The number of rotatable bonds is 0. The molecule has 58 valence electrons. The van der Waals surface area contributed by atoms with Crippen LogP contribution in [-0.4, -0.2) is 20.0 Å². The van der Waals surface area contributed by atoms with E-state index in [0.29, 0.717) is 0 Å². The predicted molar refractivity (Wildman–Crippen MR) is 42.8 cm³/mol. The second-order valence-corrected chi connectivity index (χ2v) is 7.83. The zero-order valence-electron chi connectivity index (χ0n) is 5.28. The molecule has 0 aliphatic rings. The molecule has 0 aromatic carbocycles. The van der Waals surface area contributed by atoms with E-state index in [-0.39, 0.29) is 14.1 Å². The van der Waals surface area contributed by atoms with Crippen molar-refractivity contribution >= 4 is 26.8 Å². The molecule has 0 aliphatic heterocycles. The number of halogens is 2. The molecular formula is C3H13Cl2NPPt+. The summed E-state index contributed by atoms with van der Waals surface area (Å²) in [5.41, 5.74) is 0. The van der Waals surface area contributed by atoms with Crippen LogP contribution in [-0.2, 0) is 16.5 Å². The Labute approximate surface area is 69.2 Å². The van der Waals surface area contributed by atoms with Gasteiger partial charge in [0.2, 0.25) is 0 Å². The first kappa shape index (κ1) is 16.3. The molecule has 5 heteroatoms. The van der Waals surface area contributed by atoms with E-state index in [4.69, 9.17) is 18.8 Å². The molecule has 0 fully saturated rings. The summed E-state index contributed by atoms with van der Waals surface area (Å²) in [6, 6.07) is 0. The summed E-state index contributed by atoms with van der Waals surface area (Å²) in [6.07, 6.45) is 0. The third-order valence-electron chi connectivity index (χ3n) is 0. The van der Waals surface area contributed by atoms with Crippen LogP contribution in [0.4, 0.5) is 0 Å². The van der Waals surface area contributed by atoms with Crippen LogP contribution in [0.1, 0.15) is 0 Å². The predicted octanol–water partition coefficient (Wildman–Crippen LogP) is 2.63. The second kappa shape index (κ2) is 15.9. The van der Waals surface area contributed by atoms with Crippen LogP contribution in [0.3, 0.4) is 0 Å². The van der Waals surface area contributed by atoms with Gasteiger partial charge in [-0.3, -0.25) is 0 Å². The molecule has 0 rings (SSSR count). The minimum atomic E-state index is -0.472. The first-order valence-corrected chi connectivity index (χ1v) is 10.4. The Morgan fingerprint density at radius 3 is 1.12 bits per heavy atom. The molecule has 1 nitrogen and oxygen atoms in total. The Morgan fingerprint density at radius 1 is 1.12 bits per heavy atom. The van der Waals surface area contributed by atoms with Gasteiger partial charge in [0.05, 0.1) is 0 Å². The molecule has 0 heterocycles. The molecule has 0 radical (unpaired) electrons. The van der Waals surface area contributed by atoms with Crippen LogP contribution in [0.5, 0.6) is 0 Å². The van der Waals surface area contributed by atoms with E-state index in [9.17, 15) is 0 Å². The summed E-state index contributed by atoms with van der Waals surface area (Å²) >= 11 is -0.472. The van der Waals surface area contributed by atoms with Gasteiger partial charge in [0.25, 0.3) is 0 Å². The van der Waals surface area contributed by atoms with Crippen molar-refractivity contribution < 1.29 is 16.5 Å². The molecule has 0 atom stereocenters. The monoisotopic (exact) mass is 359 g/mol. The molecule has 3 N–H and O–H groups in total. The van der Waals surface area contributed by atoms with E-state index >= 15 is 0 Å². The van der Waals surface area contributed by atoms with Crippen LogP contribution in [0.25, 0.3) is 0 Å². The van der Waals surface area contributed by atoms with Crippen LogP contribution in [0.15, 0.2) is 0 Å². The van der Waals surface area contributed by atoms with E-state index in [1.54, 1.807) is 0 Å². The van der Waals surface area contributed by atoms with Crippen LogP contribution >= 0.6 is 26.8 Å². The average molecular weight is 360 g/mol. The van der Waals surface area contributed by atoms with Crippen molar-refractivity contribution in [2.45, 2.75) is 0 Å². The van der Waals surface area contributed by atoms with Gasteiger partial charge in [-0.2, -0.15) is 0 Å². The van der Waals surface area contributed by atoms with Crippen molar-refractivity contribution in [2.24, 2.45) is 0 Å². The molecule has 0 aromatic heterocycles.